The fourth-order valence-corrected chi connectivity index (χ4v) is 4.53. The molecule has 0 radical (unpaired) electrons. The van der Waals surface area contributed by atoms with E-state index in [2.05, 4.69) is 10.3 Å². The zero-order valence-electron chi connectivity index (χ0n) is 18.2. The molecule has 2 aromatic rings. The van der Waals surface area contributed by atoms with Crippen molar-refractivity contribution in [3.8, 4) is 0 Å². The number of benzene rings is 1. The molecule has 1 aromatic carbocycles. The number of pyridine rings is 1. The van der Waals surface area contributed by atoms with E-state index < -0.39 is 23.7 Å². The summed E-state index contributed by atoms with van der Waals surface area (Å²) in [5.41, 5.74) is -0.625. The van der Waals surface area contributed by atoms with Crippen molar-refractivity contribution < 1.29 is 22.8 Å². The molecule has 3 rings (SSSR count). The average Bonchev–Trinajstić information content (AvgIpc) is 2.81. The third kappa shape index (κ3) is 6.49. The molecule has 2 heterocycles. The van der Waals surface area contributed by atoms with E-state index in [0.717, 1.165) is 12.3 Å². The second-order valence-corrected chi connectivity index (χ2v) is 9.43. The number of anilines is 1. The highest BCUT2D eigenvalue weighted by Gasteiger charge is 2.33. The number of amides is 2. The van der Waals surface area contributed by atoms with E-state index in [1.165, 1.54) is 0 Å². The highest BCUT2D eigenvalue weighted by atomic mass is 35.5. The van der Waals surface area contributed by atoms with Crippen molar-refractivity contribution in [3.63, 3.8) is 0 Å². The summed E-state index contributed by atoms with van der Waals surface area (Å²) < 4.78 is 38.6. The Labute approximate surface area is 209 Å². The van der Waals surface area contributed by atoms with Crippen LogP contribution in [-0.2, 0) is 11.0 Å². The Morgan fingerprint density at radius 1 is 1.15 bits per heavy atom. The molecule has 0 spiro atoms. The number of aromatic nitrogens is 1. The van der Waals surface area contributed by atoms with Crippen LogP contribution in [0.2, 0.25) is 10.0 Å². The zero-order valence-corrected chi connectivity index (χ0v) is 20.6. The van der Waals surface area contributed by atoms with E-state index in [-0.39, 0.29) is 16.7 Å². The Kier molecular flexibility index (Phi) is 8.95. The molecule has 184 valence electrons. The number of thioether (sulfide) groups is 1. The van der Waals surface area contributed by atoms with Crippen LogP contribution < -0.4 is 10.2 Å². The van der Waals surface area contributed by atoms with Gasteiger partial charge < -0.3 is 15.1 Å². The van der Waals surface area contributed by atoms with Crippen LogP contribution in [-0.4, -0.2) is 65.9 Å². The van der Waals surface area contributed by atoms with Gasteiger partial charge in [0.25, 0.3) is 5.91 Å². The number of alkyl halides is 3. The summed E-state index contributed by atoms with van der Waals surface area (Å²) in [5, 5.41) is 3.00. The maximum Gasteiger partial charge on any atom is 0.417 e. The van der Waals surface area contributed by atoms with Crippen LogP contribution in [0.25, 0.3) is 0 Å². The summed E-state index contributed by atoms with van der Waals surface area (Å²) in [6.07, 6.45) is -1.42. The highest BCUT2D eigenvalue weighted by molar-refractivity contribution is 7.98. The van der Waals surface area contributed by atoms with Crippen LogP contribution in [0, 0.1) is 0 Å². The molecular weight excluding hydrogens is 512 g/mol. The first-order valence-electron chi connectivity index (χ1n) is 10.4. The molecule has 1 N–H and O–H groups in total. The van der Waals surface area contributed by atoms with Gasteiger partial charge in [0.05, 0.1) is 21.2 Å². The normalized spacial score (nSPS) is 15.2. The van der Waals surface area contributed by atoms with E-state index >= 15 is 0 Å². The number of rotatable bonds is 7. The maximum atomic E-state index is 13.2. The van der Waals surface area contributed by atoms with Gasteiger partial charge in [0.2, 0.25) is 5.91 Å². The topological polar surface area (TPSA) is 65.5 Å². The van der Waals surface area contributed by atoms with E-state index in [0.29, 0.717) is 48.9 Å². The predicted octanol–water partition coefficient (Wildman–Crippen LogP) is 4.61. The zero-order chi connectivity index (χ0) is 24.9. The monoisotopic (exact) mass is 534 g/mol. The van der Waals surface area contributed by atoms with Gasteiger partial charge in [0.1, 0.15) is 11.9 Å². The van der Waals surface area contributed by atoms with Gasteiger partial charge in [-0.1, -0.05) is 35.3 Å². The molecule has 0 bridgehead atoms. The third-order valence-electron chi connectivity index (χ3n) is 5.37. The Bertz CT molecular complexity index is 1030. The molecule has 12 heteroatoms. The van der Waals surface area contributed by atoms with E-state index in [9.17, 15) is 22.8 Å². The Morgan fingerprint density at radius 3 is 2.41 bits per heavy atom. The van der Waals surface area contributed by atoms with Crippen LogP contribution in [0.4, 0.5) is 19.0 Å². The number of carbonyl (C=O) groups excluding carboxylic acids is 2. The summed E-state index contributed by atoms with van der Waals surface area (Å²) in [6.45, 7) is 1.32. The highest BCUT2D eigenvalue weighted by Crippen LogP contribution is 2.33. The Morgan fingerprint density at radius 2 is 1.82 bits per heavy atom. The van der Waals surface area contributed by atoms with Crippen molar-refractivity contribution in [1.29, 1.82) is 0 Å². The fraction of sp³-hybridized carbons (Fsp3) is 0.409. The minimum absolute atomic E-state index is 0.0977. The molecule has 0 aliphatic carbocycles. The molecule has 1 atom stereocenters. The molecular formula is C22H23Cl2F3N4O2S. The van der Waals surface area contributed by atoms with Gasteiger partial charge in [-0.3, -0.25) is 9.59 Å². The lowest BCUT2D eigenvalue weighted by Crippen LogP contribution is -2.55. The van der Waals surface area contributed by atoms with Crippen LogP contribution in [0.15, 0.2) is 36.5 Å². The van der Waals surface area contributed by atoms with Crippen molar-refractivity contribution in [2.75, 3.05) is 43.1 Å². The van der Waals surface area contributed by atoms with Gasteiger partial charge in [-0.2, -0.15) is 24.9 Å². The summed E-state index contributed by atoms with van der Waals surface area (Å²) in [4.78, 5) is 33.2. The fourth-order valence-electron chi connectivity index (χ4n) is 3.55. The Hall–Kier alpha value is -2.17. The summed E-state index contributed by atoms with van der Waals surface area (Å²) >= 11 is 13.7. The minimum atomic E-state index is -4.53. The number of hydrogen-bond donors (Lipinski definition) is 1. The lowest BCUT2D eigenvalue weighted by molar-refractivity contribution is -0.138. The van der Waals surface area contributed by atoms with Gasteiger partial charge in [-0.05, 0) is 36.6 Å². The molecule has 2 amide bonds. The van der Waals surface area contributed by atoms with Crippen LogP contribution in [0.1, 0.15) is 22.3 Å². The van der Waals surface area contributed by atoms with E-state index in [4.69, 9.17) is 23.2 Å². The largest absolute Gasteiger partial charge is 0.417 e. The van der Waals surface area contributed by atoms with E-state index in [1.54, 1.807) is 45.8 Å². The van der Waals surface area contributed by atoms with Gasteiger partial charge in [0, 0.05) is 32.4 Å². The summed E-state index contributed by atoms with van der Waals surface area (Å²) in [7, 11) is 0. The second kappa shape index (κ2) is 11.5. The lowest BCUT2D eigenvalue weighted by atomic mass is 10.1. The lowest BCUT2D eigenvalue weighted by Gasteiger charge is -2.37. The first kappa shape index (κ1) is 26.4. The van der Waals surface area contributed by atoms with Crippen molar-refractivity contribution in [3.05, 3.63) is 57.7 Å². The van der Waals surface area contributed by atoms with Crippen molar-refractivity contribution in [2.45, 2.75) is 18.6 Å². The molecule has 1 aliphatic rings. The first-order valence-corrected chi connectivity index (χ1v) is 12.6. The number of piperazine rings is 1. The van der Waals surface area contributed by atoms with Crippen LogP contribution >= 0.6 is 35.0 Å². The van der Waals surface area contributed by atoms with Crippen LogP contribution in [0.5, 0.6) is 0 Å². The molecule has 1 aliphatic heterocycles. The number of nitrogens with zero attached hydrogens (tertiary/aromatic N) is 3. The summed E-state index contributed by atoms with van der Waals surface area (Å²) in [6, 6.07) is 6.73. The van der Waals surface area contributed by atoms with E-state index in [1.807, 2.05) is 6.26 Å². The Balaban J connectivity index is 1.65. The quantitative estimate of drug-likeness (QED) is 0.562. The first-order chi connectivity index (χ1) is 16.1. The van der Waals surface area contributed by atoms with Crippen molar-refractivity contribution in [1.82, 2.24) is 15.2 Å². The summed E-state index contributed by atoms with van der Waals surface area (Å²) in [5.74, 6) is 0.266. The van der Waals surface area contributed by atoms with Crippen molar-refractivity contribution >= 4 is 52.6 Å². The number of hydrogen-bond acceptors (Lipinski definition) is 5. The molecule has 0 unspecified atom stereocenters. The van der Waals surface area contributed by atoms with Gasteiger partial charge in [-0.15, -0.1) is 0 Å². The third-order valence-corrected chi connectivity index (χ3v) is 6.62. The van der Waals surface area contributed by atoms with Crippen molar-refractivity contribution in [2.24, 2.45) is 0 Å². The molecule has 0 saturated carbocycles. The molecule has 1 saturated heterocycles. The SMILES string of the molecule is CSCC[C@H](NC(=O)c1ccccc1Cl)C(=O)N1CCN(c2ncc(C(F)(F)F)cc2Cl)CC1. The smallest absolute Gasteiger partial charge is 0.352 e. The minimum Gasteiger partial charge on any atom is -0.352 e. The average molecular weight is 535 g/mol. The molecule has 34 heavy (non-hydrogen) atoms. The maximum absolute atomic E-state index is 13.2. The number of nitrogens with one attached hydrogen (secondary N) is 1. The number of halogens is 5. The molecule has 1 aromatic heterocycles. The van der Waals surface area contributed by atoms with Crippen LogP contribution in [0.3, 0.4) is 0 Å². The van der Waals surface area contributed by atoms with Gasteiger partial charge in [0.15, 0.2) is 0 Å². The standard InChI is InChI=1S/C22H23Cl2F3N4O2S/c1-34-11-6-18(29-20(32)15-4-2-3-5-16(15)23)21(33)31-9-7-30(8-10-31)19-17(24)12-14(13-28-19)22(25,26)27/h2-5,12-13,18H,6-11H2,1H3,(H,29,32)/t18-/m0/s1. The number of carbonyl (C=O) groups is 2. The molecule has 6 nitrogen and oxygen atoms in total. The van der Waals surface area contributed by atoms with Gasteiger partial charge in [-0.25, -0.2) is 4.98 Å². The second-order valence-electron chi connectivity index (χ2n) is 7.63. The van der Waals surface area contributed by atoms with Gasteiger partial charge >= 0.3 is 6.18 Å². The predicted molar refractivity (Wildman–Crippen MR) is 129 cm³/mol. The molecule has 1 fully saturated rings.